The minimum atomic E-state index is -2.68. The van der Waals surface area contributed by atoms with Crippen LogP contribution in [0.1, 0.15) is 36.4 Å². The average Bonchev–Trinajstić information content (AvgIpc) is 2.98. The van der Waals surface area contributed by atoms with Gasteiger partial charge in [0.1, 0.15) is 6.17 Å². The largest absolute Gasteiger partial charge is 0.350 e. The van der Waals surface area contributed by atoms with Gasteiger partial charge in [-0.3, -0.25) is 9.69 Å². The first kappa shape index (κ1) is 22.1. The molecule has 0 bridgehead atoms. The van der Waals surface area contributed by atoms with E-state index >= 15 is 0 Å². The summed E-state index contributed by atoms with van der Waals surface area (Å²) in [4.78, 5) is 19.9. The molecule has 1 aromatic rings. The monoisotopic (exact) mass is 445 g/mol. The molecule has 2 heterocycles. The van der Waals surface area contributed by atoms with Crippen LogP contribution in [0.4, 0.5) is 13.2 Å². The number of amides is 1. The van der Waals surface area contributed by atoms with Gasteiger partial charge in [-0.2, -0.15) is 0 Å². The first-order chi connectivity index (χ1) is 13.7. The van der Waals surface area contributed by atoms with Gasteiger partial charge in [0.2, 0.25) is 0 Å². The van der Waals surface area contributed by atoms with Crippen molar-refractivity contribution in [1.29, 1.82) is 0 Å². The van der Waals surface area contributed by atoms with Crippen LogP contribution in [0.15, 0.2) is 40.4 Å². The summed E-state index contributed by atoms with van der Waals surface area (Å²) in [5, 5.41) is 2.96. The van der Waals surface area contributed by atoms with Gasteiger partial charge in [0.25, 0.3) is 11.8 Å². The molecule has 1 N–H and O–H groups in total. The Morgan fingerprint density at radius 3 is 2.93 bits per heavy atom. The molecule has 1 saturated heterocycles. The van der Waals surface area contributed by atoms with Gasteiger partial charge >= 0.3 is 0 Å². The van der Waals surface area contributed by atoms with Crippen molar-refractivity contribution in [3.63, 3.8) is 0 Å². The summed E-state index contributed by atoms with van der Waals surface area (Å²) in [6.07, 6.45) is 3.51. The molecule has 9 heteroatoms. The summed E-state index contributed by atoms with van der Waals surface area (Å²) >= 11 is 7.53. The van der Waals surface area contributed by atoms with Crippen LogP contribution in [0.5, 0.6) is 0 Å². The van der Waals surface area contributed by atoms with Crippen molar-refractivity contribution in [2.24, 2.45) is 0 Å². The molecule has 0 radical (unpaired) electrons. The fraction of sp³-hybridized carbons (Fsp3) is 0.500. The fourth-order valence-electron chi connectivity index (χ4n) is 3.72. The van der Waals surface area contributed by atoms with E-state index in [9.17, 15) is 18.0 Å². The van der Waals surface area contributed by atoms with Crippen LogP contribution in [0, 0.1) is 6.92 Å². The highest BCUT2D eigenvalue weighted by atomic mass is 35.5. The predicted molar refractivity (Wildman–Crippen MR) is 109 cm³/mol. The summed E-state index contributed by atoms with van der Waals surface area (Å²) in [5.74, 6) is -3.18. The topological polar surface area (TPSA) is 45.2 Å². The maximum atomic E-state index is 13.8. The molecule has 0 aromatic carbocycles. The number of nitrogens with one attached hydrogen (secondary N) is 1. The number of allylic oxidation sites excluding steroid dienone is 4. The summed E-state index contributed by atoms with van der Waals surface area (Å²) in [6.45, 7) is 4.03. The number of nitrogens with zero attached hydrogens (tertiary/aromatic N) is 2. The Morgan fingerprint density at radius 1 is 1.52 bits per heavy atom. The van der Waals surface area contributed by atoms with Gasteiger partial charge in [0, 0.05) is 36.9 Å². The van der Waals surface area contributed by atoms with Crippen molar-refractivity contribution in [2.75, 3.05) is 13.1 Å². The summed E-state index contributed by atoms with van der Waals surface area (Å²) in [5.41, 5.74) is 2.57. The molecule has 3 rings (SSSR count). The number of rotatable bonds is 5. The molecule has 4 nitrogen and oxygen atoms in total. The van der Waals surface area contributed by atoms with E-state index in [1.54, 1.807) is 12.4 Å². The van der Waals surface area contributed by atoms with Crippen LogP contribution in [-0.2, 0) is 4.79 Å². The number of aryl methyl sites for hydroxylation is 1. The van der Waals surface area contributed by atoms with Crippen LogP contribution < -0.4 is 5.32 Å². The Balaban J connectivity index is 1.78. The lowest BCUT2D eigenvalue weighted by molar-refractivity contribution is -0.118. The van der Waals surface area contributed by atoms with Crippen LogP contribution in [0.3, 0.4) is 0 Å². The Labute approximate surface area is 177 Å². The number of carbonyl (C=O) groups excluding carboxylic acids is 1. The smallest absolute Gasteiger partial charge is 0.252 e. The third-order valence-electron chi connectivity index (χ3n) is 5.20. The van der Waals surface area contributed by atoms with Gasteiger partial charge in [-0.15, -0.1) is 11.3 Å². The van der Waals surface area contributed by atoms with Crippen molar-refractivity contribution in [1.82, 2.24) is 15.2 Å². The number of halogens is 4. The number of piperidine rings is 1. The maximum absolute atomic E-state index is 13.8. The zero-order valence-corrected chi connectivity index (χ0v) is 17.7. The number of likely N-dealkylation sites (tertiary alicyclic amines) is 1. The molecule has 1 aromatic heterocycles. The highest BCUT2D eigenvalue weighted by Gasteiger charge is 2.41. The SMILES string of the molecule is Cc1ncsc1C(CNC(=O)C1=CC(F)C=CC=C1Cl)N1CCC(F)(F)CC1C. The zero-order chi connectivity index (χ0) is 21.2. The van der Waals surface area contributed by atoms with Crippen LogP contribution in [0.25, 0.3) is 0 Å². The number of thiazole rings is 1. The van der Waals surface area contributed by atoms with Gasteiger partial charge in [0.15, 0.2) is 0 Å². The van der Waals surface area contributed by atoms with E-state index in [1.165, 1.54) is 29.6 Å². The van der Waals surface area contributed by atoms with E-state index in [2.05, 4.69) is 10.3 Å². The van der Waals surface area contributed by atoms with E-state index in [4.69, 9.17) is 11.6 Å². The summed E-state index contributed by atoms with van der Waals surface area (Å²) in [7, 11) is 0. The lowest BCUT2D eigenvalue weighted by Gasteiger charge is -2.42. The van der Waals surface area contributed by atoms with Gasteiger partial charge < -0.3 is 5.32 Å². The van der Waals surface area contributed by atoms with E-state index in [1.807, 2.05) is 11.8 Å². The van der Waals surface area contributed by atoms with Gasteiger partial charge in [-0.25, -0.2) is 18.2 Å². The molecular formula is C20H23ClF3N3OS. The minimum Gasteiger partial charge on any atom is -0.350 e. The van der Waals surface area contributed by atoms with Gasteiger partial charge in [0.05, 0.1) is 27.9 Å². The second kappa shape index (κ2) is 9.02. The lowest BCUT2D eigenvalue weighted by Crippen LogP contribution is -2.49. The van der Waals surface area contributed by atoms with Gasteiger partial charge in [-0.1, -0.05) is 17.7 Å². The van der Waals surface area contributed by atoms with Crippen molar-refractivity contribution in [3.05, 3.63) is 51.0 Å². The van der Waals surface area contributed by atoms with Crippen molar-refractivity contribution in [2.45, 2.75) is 50.9 Å². The van der Waals surface area contributed by atoms with E-state index in [-0.39, 0.29) is 48.6 Å². The first-order valence-corrected chi connectivity index (χ1v) is 10.7. The molecule has 1 amide bonds. The lowest BCUT2D eigenvalue weighted by atomic mass is 9.96. The summed E-state index contributed by atoms with van der Waals surface area (Å²) < 4.78 is 41.4. The highest BCUT2D eigenvalue weighted by Crippen LogP contribution is 2.37. The Hall–Kier alpha value is -1.64. The number of hydrogen-bond acceptors (Lipinski definition) is 4. The van der Waals surface area contributed by atoms with Crippen molar-refractivity contribution < 1.29 is 18.0 Å². The van der Waals surface area contributed by atoms with Gasteiger partial charge in [-0.05, 0) is 32.1 Å². The Kier molecular flexibility index (Phi) is 6.86. The number of aromatic nitrogens is 1. The Bertz CT molecular complexity index is 852. The fourth-order valence-corrected chi connectivity index (χ4v) is 4.86. The molecule has 1 fully saturated rings. The third-order valence-corrected chi connectivity index (χ3v) is 6.56. The molecule has 1 aliphatic heterocycles. The molecule has 158 valence electrons. The third kappa shape index (κ3) is 5.29. The highest BCUT2D eigenvalue weighted by molar-refractivity contribution is 7.09. The minimum absolute atomic E-state index is 0.0576. The second-order valence-electron chi connectivity index (χ2n) is 7.35. The molecule has 0 spiro atoms. The molecule has 3 atom stereocenters. The van der Waals surface area contributed by atoms with E-state index < -0.39 is 18.0 Å². The second-order valence-corrected chi connectivity index (χ2v) is 8.64. The molecular weight excluding hydrogens is 423 g/mol. The maximum Gasteiger partial charge on any atom is 0.252 e. The quantitative estimate of drug-likeness (QED) is 0.715. The predicted octanol–water partition coefficient (Wildman–Crippen LogP) is 4.69. The van der Waals surface area contributed by atoms with Crippen LogP contribution in [0.2, 0.25) is 0 Å². The zero-order valence-electron chi connectivity index (χ0n) is 16.2. The molecule has 0 saturated carbocycles. The average molecular weight is 446 g/mol. The van der Waals surface area contributed by atoms with Crippen molar-refractivity contribution >= 4 is 28.8 Å². The molecule has 2 aliphatic rings. The number of hydrogen-bond donors (Lipinski definition) is 1. The number of carbonyl (C=O) groups is 1. The number of alkyl halides is 3. The van der Waals surface area contributed by atoms with E-state index in [0.717, 1.165) is 16.6 Å². The molecule has 3 unspecified atom stereocenters. The van der Waals surface area contributed by atoms with Crippen molar-refractivity contribution in [3.8, 4) is 0 Å². The van der Waals surface area contributed by atoms with E-state index in [0.29, 0.717) is 0 Å². The van der Waals surface area contributed by atoms with Crippen LogP contribution >= 0.6 is 22.9 Å². The molecule has 29 heavy (non-hydrogen) atoms. The van der Waals surface area contributed by atoms with Crippen LogP contribution in [-0.4, -0.2) is 47.0 Å². The Morgan fingerprint density at radius 2 is 2.28 bits per heavy atom. The normalized spacial score (nSPS) is 25.7. The first-order valence-electron chi connectivity index (χ1n) is 9.40. The molecule has 1 aliphatic carbocycles. The standard InChI is InChI=1S/C20H23ClF3N3OS/c1-12-9-20(23,24)6-7-27(12)17(18-13(2)26-11-29-18)10-25-19(28)15-8-14(22)4-3-5-16(15)21/h3-5,8,11-12,14,17H,6-7,9-10H2,1-2H3,(H,25,28). The summed E-state index contributed by atoms with van der Waals surface area (Å²) in [6, 6.07) is -0.659.